The van der Waals surface area contributed by atoms with E-state index in [1.165, 1.54) is 11.8 Å². The molecule has 0 saturated heterocycles. The second kappa shape index (κ2) is 9.72. The predicted molar refractivity (Wildman–Crippen MR) is 127 cm³/mol. The Kier molecular flexibility index (Phi) is 6.36. The molecule has 0 bridgehead atoms. The summed E-state index contributed by atoms with van der Waals surface area (Å²) in [6.07, 6.45) is 1.61. The normalized spacial score (nSPS) is 12.6. The molecule has 1 aliphatic heterocycles. The van der Waals surface area contributed by atoms with E-state index in [-0.39, 0.29) is 11.7 Å². The molecular weight excluding hydrogens is 460 g/mol. The van der Waals surface area contributed by atoms with Crippen LogP contribution in [0.1, 0.15) is 11.8 Å². The first-order valence-electron chi connectivity index (χ1n) is 10.5. The maximum absolute atomic E-state index is 13.4. The van der Waals surface area contributed by atoms with E-state index < -0.39 is 0 Å². The lowest BCUT2D eigenvalue weighted by atomic mass is 10.2. The zero-order valence-electron chi connectivity index (χ0n) is 18.0. The molecule has 0 aliphatic carbocycles. The quantitative estimate of drug-likeness (QED) is 0.336. The fourth-order valence-corrected chi connectivity index (χ4v) is 5.13. The van der Waals surface area contributed by atoms with Crippen LogP contribution in [0, 0.1) is 0 Å². The number of furan rings is 1. The van der Waals surface area contributed by atoms with Gasteiger partial charge < -0.3 is 18.8 Å². The van der Waals surface area contributed by atoms with Crippen LogP contribution in [-0.2, 0) is 17.9 Å². The van der Waals surface area contributed by atoms with Crippen molar-refractivity contribution in [1.29, 1.82) is 0 Å². The number of hydrogen-bond donors (Lipinski definition) is 0. The number of amides is 1. The van der Waals surface area contributed by atoms with Gasteiger partial charge in [0.15, 0.2) is 28.2 Å². The highest BCUT2D eigenvalue weighted by molar-refractivity contribution is 7.99. The molecule has 33 heavy (non-hydrogen) atoms. The number of fused-ring (bicyclic) bond motifs is 1. The summed E-state index contributed by atoms with van der Waals surface area (Å²) in [4.78, 5) is 16.3. The Balaban J connectivity index is 1.37. The molecule has 0 radical (unpaired) electrons. The zero-order valence-corrected chi connectivity index (χ0v) is 19.6. The third-order valence-electron chi connectivity index (χ3n) is 5.13. The Bertz CT molecular complexity index is 1220. The summed E-state index contributed by atoms with van der Waals surface area (Å²) in [5.41, 5.74) is 0.770. The molecule has 0 fully saturated rings. The van der Waals surface area contributed by atoms with Crippen molar-refractivity contribution >= 4 is 34.7 Å². The first kappa shape index (κ1) is 21.6. The molecule has 170 valence electrons. The highest BCUT2D eigenvalue weighted by Crippen LogP contribution is 2.35. The minimum atomic E-state index is -0.0321. The summed E-state index contributed by atoms with van der Waals surface area (Å²) in [5, 5.41) is 11.2. The third kappa shape index (κ3) is 4.62. The van der Waals surface area contributed by atoms with E-state index in [4.69, 9.17) is 13.9 Å². The van der Waals surface area contributed by atoms with Crippen molar-refractivity contribution in [2.75, 3.05) is 23.9 Å². The van der Waals surface area contributed by atoms with Gasteiger partial charge in [0.05, 0.1) is 18.6 Å². The Morgan fingerprint density at radius 3 is 2.79 bits per heavy atom. The molecule has 4 aromatic rings. The van der Waals surface area contributed by atoms with Crippen LogP contribution in [-0.4, -0.2) is 39.6 Å². The molecular formula is C23H22N4O4S2. The SMILES string of the molecule is CCn1c(SCC(=O)N(Cc2cccs2)c2ccc3c(c2)OCCO3)nnc1-c1ccco1. The molecule has 1 aromatic carbocycles. The van der Waals surface area contributed by atoms with Crippen LogP contribution in [0.2, 0.25) is 0 Å². The average Bonchev–Trinajstić information content (AvgIpc) is 3.62. The van der Waals surface area contributed by atoms with Gasteiger partial charge in [-0.15, -0.1) is 21.5 Å². The molecule has 0 N–H and O–H groups in total. The van der Waals surface area contributed by atoms with Gasteiger partial charge in [0.25, 0.3) is 0 Å². The molecule has 1 amide bonds. The lowest BCUT2D eigenvalue weighted by Crippen LogP contribution is -2.32. The van der Waals surface area contributed by atoms with Crippen molar-refractivity contribution in [2.45, 2.75) is 25.2 Å². The van der Waals surface area contributed by atoms with Crippen LogP contribution in [0.5, 0.6) is 11.5 Å². The number of aromatic nitrogens is 3. The lowest BCUT2D eigenvalue weighted by molar-refractivity contribution is -0.116. The van der Waals surface area contributed by atoms with Crippen molar-refractivity contribution in [2.24, 2.45) is 0 Å². The van der Waals surface area contributed by atoms with Crippen molar-refractivity contribution < 1.29 is 18.7 Å². The van der Waals surface area contributed by atoms with Gasteiger partial charge in [0, 0.05) is 23.2 Å². The number of ether oxygens (including phenoxy) is 2. The molecule has 4 heterocycles. The first-order chi connectivity index (χ1) is 16.2. The van der Waals surface area contributed by atoms with E-state index in [1.54, 1.807) is 22.5 Å². The zero-order chi connectivity index (χ0) is 22.6. The molecule has 10 heteroatoms. The monoisotopic (exact) mass is 482 g/mol. The number of rotatable bonds is 8. The second-order valence-electron chi connectivity index (χ2n) is 7.20. The Morgan fingerprint density at radius 2 is 2.03 bits per heavy atom. The number of benzene rings is 1. The fraction of sp³-hybridized carbons (Fsp3) is 0.261. The Labute approximate surface area is 199 Å². The van der Waals surface area contributed by atoms with E-state index in [0.29, 0.717) is 54.5 Å². The van der Waals surface area contributed by atoms with E-state index in [0.717, 1.165) is 10.6 Å². The molecule has 3 aromatic heterocycles. The first-order valence-corrected chi connectivity index (χ1v) is 12.4. The highest BCUT2D eigenvalue weighted by atomic mass is 32.2. The standard InChI is InChI=1S/C23H22N4O4S2/c1-2-26-22(19-6-3-9-29-19)24-25-23(26)33-15-21(28)27(14-17-5-4-12-32-17)16-7-8-18-20(13-16)31-11-10-30-18/h3-9,12-13H,2,10-11,14-15H2,1H3. The van der Waals surface area contributed by atoms with Gasteiger partial charge in [-0.3, -0.25) is 9.36 Å². The summed E-state index contributed by atoms with van der Waals surface area (Å²) < 4.78 is 18.8. The minimum absolute atomic E-state index is 0.0321. The van der Waals surface area contributed by atoms with Crippen LogP contribution in [0.4, 0.5) is 5.69 Å². The van der Waals surface area contributed by atoms with E-state index in [1.807, 2.05) is 59.3 Å². The maximum atomic E-state index is 13.4. The number of thioether (sulfide) groups is 1. The molecule has 5 rings (SSSR count). The van der Waals surface area contributed by atoms with Crippen LogP contribution in [0.25, 0.3) is 11.6 Å². The lowest BCUT2D eigenvalue weighted by Gasteiger charge is -2.25. The number of anilines is 1. The molecule has 0 spiro atoms. The number of carbonyl (C=O) groups is 1. The van der Waals surface area contributed by atoms with Gasteiger partial charge in [-0.25, -0.2) is 0 Å². The summed E-state index contributed by atoms with van der Waals surface area (Å²) in [6, 6.07) is 13.3. The summed E-state index contributed by atoms with van der Waals surface area (Å²) in [5.74, 6) is 2.84. The van der Waals surface area contributed by atoms with Crippen LogP contribution < -0.4 is 14.4 Å². The van der Waals surface area contributed by atoms with Crippen molar-refractivity contribution in [3.8, 4) is 23.1 Å². The smallest absolute Gasteiger partial charge is 0.237 e. The van der Waals surface area contributed by atoms with Gasteiger partial charge in [-0.05, 0) is 42.6 Å². The van der Waals surface area contributed by atoms with Gasteiger partial charge in [-0.1, -0.05) is 17.8 Å². The fourth-order valence-electron chi connectivity index (χ4n) is 3.55. The van der Waals surface area contributed by atoms with Crippen molar-refractivity contribution in [3.63, 3.8) is 0 Å². The number of thiophene rings is 1. The predicted octanol–water partition coefficient (Wildman–Crippen LogP) is 4.72. The van der Waals surface area contributed by atoms with E-state index in [2.05, 4.69) is 10.2 Å². The molecule has 8 nitrogen and oxygen atoms in total. The Hall–Kier alpha value is -3.24. The van der Waals surface area contributed by atoms with E-state index in [9.17, 15) is 4.79 Å². The van der Waals surface area contributed by atoms with Crippen LogP contribution in [0.3, 0.4) is 0 Å². The number of hydrogen-bond acceptors (Lipinski definition) is 8. The Morgan fingerprint density at radius 1 is 1.15 bits per heavy atom. The molecule has 0 atom stereocenters. The van der Waals surface area contributed by atoms with Crippen LogP contribution in [0.15, 0.2) is 63.7 Å². The van der Waals surface area contributed by atoms with Crippen LogP contribution >= 0.6 is 23.1 Å². The number of nitrogens with zero attached hydrogens (tertiary/aromatic N) is 4. The summed E-state index contributed by atoms with van der Waals surface area (Å²) >= 11 is 2.99. The van der Waals surface area contributed by atoms with Gasteiger partial charge in [0.2, 0.25) is 5.91 Å². The summed E-state index contributed by atoms with van der Waals surface area (Å²) in [6.45, 7) is 4.18. The largest absolute Gasteiger partial charge is 0.486 e. The highest BCUT2D eigenvalue weighted by Gasteiger charge is 2.22. The molecule has 1 aliphatic rings. The van der Waals surface area contributed by atoms with Crippen molar-refractivity contribution in [3.05, 3.63) is 59.0 Å². The van der Waals surface area contributed by atoms with Gasteiger partial charge in [-0.2, -0.15) is 0 Å². The van der Waals surface area contributed by atoms with Gasteiger partial charge >= 0.3 is 0 Å². The molecule has 0 saturated carbocycles. The van der Waals surface area contributed by atoms with Crippen molar-refractivity contribution in [1.82, 2.24) is 14.8 Å². The third-order valence-corrected chi connectivity index (χ3v) is 6.94. The van der Waals surface area contributed by atoms with Gasteiger partial charge in [0.1, 0.15) is 13.2 Å². The maximum Gasteiger partial charge on any atom is 0.237 e. The number of carbonyl (C=O) groups excluding carboxylic acids is 1. The second-order valence-corrected chi connectivity index (χ2v) is 9.18. The summed E-state index contributed by atoms with van der Waals surface area (Å²) in [7, 11) is 0. The topological polar surface area (TPSA) is 82.6 Å². The molecule has 0 unspecified atom stereocenters. The average molecular weight is 483 g/mol. The minimum Gasteiger partial charge on any atom is -0.486 e. The van der Waals surface area contributed by atoms with E-state index >= 15 is 0 Å².